The number of aromatic amines is 1. The van der Waals surface area contributed by atoms with E-state index in [0.29, 0.717) is 35.2 Å². The Morgan fingerprint density at radius 3 is 2.19 bits per heavy atom. The predicted octanol–water partition coefficient (Wildman–Crippen LogP) is 8.18. The molecule has 1 saturated heterocycles. The summed E-state index contributed by atoms with van der Waals surface area (Å²) in [7, 11) is -2.41. The molecule has 0 spiro atoms. The van der Waals surface area contributed by atoms with Crippen molar-refractivity contribution in [2.24, 2.45) is 11.3 Å². The van der Waals surface area contributed by atoms with Crippen LogP contribution in [0.15, 0.2) is 36.4 Å². The van der Waals surface area contributed by atoms with Crippen molar-refractivity contribution in [2.45, 2.75) is 136 Å². The number of nitrogens with one attached hydrogen (secondary N) is 3. The molecular weight excluding hydrogens is 815 g/mol. The second-order valence-corrected chi connectivity index (χ2v) is 24.4. The third-order valence-electron chi connectivity index (χ3n) is 11.0. The number of benzene rings is 2. The van der Waals surface area contributed by atoms with Crippen LogP contribution in [0.5, 0.6) is 5.75 Å². The maximum absolute atomic E-state index is 14.3. The fraction of sp³-hybridized carbons (Fsp3) is 0.585. The van der Waals surface area contributed by atoms with Gasteiger partial charge in [0.15, 0.2) is 0 Å². The highest BCUT2D eigenvalue weighted by Gasteiger charge is 2.58. The van der Waals surface area contributed by atoms with Crippen LogP contribution in [-0.4, -0.2) is 76.8 Å². The van der Waals surface area contributed by atoms with E-state index in [0.717, 1.165) is 36.9 Å². The first kappa shape index (κ1) is 42.0. The molecule has 13 heteroatoms. The number of rotatable bonds is 14. The van der Waals surface area contributed by atoms with Gasteiger partial charge >= 0.3 is 12.1 Å². The summed E-state index contributed by atoms with van der Waals surface area (Å²) >= 11 is 2.33. The summed E-state index contributed by atoms with van der Waals surface area (Å²) in [5, 5.41) is 25.2. The summed E-state index contributed by atoms with van der Waals surface area (Å²) in [6, 6.07) is 10.3. The van der Waals surface area contributed by atoms with Gasteiger partial charge in [0.1, 0.15) is 23.4 Å². The molecule has 2 aromatic carbocycles. The minimum Gasteiger partial charge on any atom is -0.543 e. The zero-order valence-electron chi connectivity index (χ0n) is 33.6. The number of carbonyl (C=O) groups is 3. The van der Waals surface area contributed by atoms with Gasteiger partial charge in [0, 0.05) is 29.8 Å². The molecule has 5 rings (SSSR count). The van der Waals surface area contributed by atoms with Crippen LogP contribution in [0, 0.1) is 15.0 Å². The van der Waals surface area contributed by atoms with Crippen LogP contribution in [0.3, 0.4) is 0 Å². The number of hydrogen-bond acceptors (Lipinski definition) is 7. The van der Waals surface area contributed by atoms with Crippen LogP contribution in [0.2, 0.25) is 16.6 Å². The van der Waals surface area contributed by atoms with Crippen LogP contribution in [-0.2, 0) is 27.2 Å². The Morgan fingerprint density at radius 1 is 0.981 bits per heavy atom. The normalized spacial score (nSPS) is 19.4. The standard InChI is InChI=1S/C41H59IN4O7Si/c1-22(2)54(23(3)4,24(5)6)53-28-15-25(14-27(17-28)26-12-13-32-29(18-26)31(36(42)43-32)20-41(10,11)21-47)16-33(44-39(51)52-40(7,8)9)37(48)46-34-19-30(34)35(45-46)38(49)50/h12-15,17-18,22-24,30,33-35,43,45,47H,16,19-21H2,1-11H3,(H,44,51)(H,49,50)/t30?,33-,34?,35?/m0/s1. The monoisotopic (exact) mass is 874 g/mol. The van der Waals surface area contributed by atoms with E-state index in [1.807, 2.05) is 12.1 Å². The highest BCUT2D eigenvalue weighted by Crippen LogP contribution is 2.45. The second-order valence-electron chi connectivity index (χ2n) is 18.0. The highest BCUT2D eigenvalue weighted by molar-refractivity contribution is 14.1. The lowest BCUT2D eigenvalue weighted by atomic mass is 9.86. The first-order valence-corrected chi connectivity index (χ1v) is 22.3. The van der Waals surface area contributed by atoms with Crippen molar-refractivity contribution in [1.29, 1.82) is 0 Å². The third kappa shape index (κ3) is 8.94. The molecule has 4 atom stereocenters. The predicted molar refractivity (Wildman–Crippen MR) is 223 cm³/mol. The lowest BCUT2D eigenvalue weighted by Crippen LogP contribution is -2.55. The van der Waals surface area contributed by atoms with Crippen LogP contribution < -0.4 is 15.2 Å². The smallest absolute Gasteiger partial charge is 0.408 e. The number of aromatic nitrogens is 1. The zero-order valence-corrected chi connectivity index (χ0v) is 36.8. The Balaban J connectivity index is 1.62. The molecular formula is C41H59IN4O7Si. The summed E-state index contributed by atoms with van der Waals surface area (Å²) < 4.78 is 13.9. The lowest BCUT2D eigenvalue weighted by molar-refractivity contribution is -0.142. The molecule has 296 valence electrons. The Hall–Kier alpha value is -3.14. The molecule has 2 aliphatic rings. The number of fused-ring (bicyclic) bond motifs is 2. The third-order valence-corrected chi connectivity index (χ3v) is 17.9. The van der Waals surface area contributed by atoms with Gasteiger partial charge in [-0.2, -0.15) is 0 Å². The maximum atomic E-state index is 14.3. The van der Waals surface area contributed by atoms with Crippen LogP contribution >= 0.6 is 22.6 Å². The Morgan fingerprint density at radius 2 is 1.63 bits per heavy atom. The van der Waals surface area contributed by atoms with Crippen LogP contribution in [0.4, 0.5) is 4.79 Å². The van der Waals surface area contributed by atoms with Gasteiger partial charge in [-0.3, -0.25) is 14.6 Å². The molecule has 2 fully saturated rings. The maximum Gasteiger partial charge on any atom is 0.408 e. The van der Waals surface area contributed by atoms with E-state index in [4.69, 9.17) is 9.16 Å². The van der Waals surface area contributed by atoms with Crippen molar-refractivity contribution in [3.8, 4) is 16.9 Å². The Kier molecular flexibility index (Phi) is 12.3. The molecule has 54 heavy (non-hydrogen) atoms. The number of aliphatic carboxylic acids is 1. The van der Waals surface area contributed by atoms with Crippen LogP contribution in [0.25, 0.3) is 22.0 Å². The van der Waals surface area contributed by atoms with E-state index in [-0.39, 0.29) is 30.4 Å². The van der Waals surface area contributed by atoms with E-state index in [9.17, 15) is 24.6 Å². The van der Waals surface area contributed by atoms with Crippen molar-refractivity contribution in [1.82, 2.24) is 20.7 Å². The highest BCUT2D eigenvalue weighted by atomic mass is 127. The fourth-order valence-electron chi connectivity index (χ4n) is 8.38. The second kappa shape index (κ2) is 15.8. The van der Waals surface area contributed by atoms with E-state index in [1.165, 1.54) is 5.01 Å². The van der Waals surface area contributed by atoms with Gasteiger partial charge in [-0.1, -0.05) is 67.5 Å². The number of hydrogen-bond donors (Lipinski definition) is 5. The van der Waals surface area contributed by atoms with Gasteiger partial charge in [-0.05, 0) is 125 Å². The minimum absolute atomic E-state index is 0.0634. The number of hydrazine groups is 1. The average Bonchev–Trinajstić information content (AvgIpc) is 3.66. The summed E-state index contributed by atoms with van der Waals surface area (Å²) in [5.41, 5.74) is 7.56. The number of carboxylic acids is 1. The average molecular weight is 875 g/mol. The first-order valence-electron chi connectivity index (χ1n) is 19.1. The summed E-state index contributed by atoms with van der Waals surface area (Å²) in [6.45, 7) is 22.9. The molecule has 1 aliphatic heterocycles. The van der Waals surface area contributed by atoms with Crippen molar-refractivity contribution in [3.63, 3.8) is 0 Å². The van der Waals surface area contributed by atoms with Gasteiger partial charge in [-0.25, -0.2) is 10.2 Å². The number of aliphatic hydroxyl groups is 1. The number of carbonyl (C=O) groups excluding carboxylic acids is 2. The fourth-order valence-corrected chi connectivity index (χ4v) is 14.4. The zero-order chi connectivity index (χ0) is 40.1. The Bertz CT molecular complexity index is 1860. The number of nitrogens with zero attached hydrogens (tertiary/aromatic N) is 1. The molecule has 1 aliphatic carbocycles. The number of amides is 2. The molecule has 0 radical (unpaired) electrons. The lowest BCUT2D eigenvalue weighted by Gasteiger charge is -2.42. The quantitative estimate of drug-likeness (QED) is 0.0804. The first-order chi connectivity index (χ1) is 25.1. The molecule has 3 unspecified atom stereocenters. The summed E-state index contributed by atoms with van der Waals surface area (Å²) in [5.74, 6) is -0.877. The molecule has 1 saturated carbocycles. The van der Waals surface area contributed by atoms with Gasteiger partial charge in [0.25, 0.3) is 14.2 Å². The van der Waals surface area contributed by atoms with E-state index < -0.39 is 44.0 Å². The van der Waals surface area contributed by atoms with E-state index >= 15 is 0 Å². The van der Waals surface area contributed by atoms with E-state index in [2.05, 4.69) is 118 Å². The summed E-state index contributed by atoms with van der Waals surface area (Å²) in [6.07, 6.45) is 0.675. The number of halogens is 1. The van der Waals surface area contributed by atoms with Crippen molar-refractivity contribution in [3.05, 3.63) is 51.2 Å². The number of H-pyrrole nitrogens is 1. The SMILES string of the molecule is CC(C)[Si](Oc1cc(C[C@H](NC(=O)OC(C)(C)C)C(=O)N2NC(C(=O)O)C3CC32)cc(-c2ccc3[nH]c(I)c(CC(C)(C)CO)c3c2)c1)(C(C)C)C(C)C. The van der Waals surface area contributed by atoms with Crippen molar-refractivity contribution in [2.75, 3.05) is 6.61 Å². The van der Waals surface area contributed by atoms with Crippen molar-refractivity contribution < 1.29 is 33.8 Å². The van der Waals surface area contributed by atoms with Crippen LogP contribution in [0.1, 0.15) is 93.7 Å². The molecule has 5 N–H and O–H groups in total. The van der Waals surface area contributed by atoms with E-state index in [1.54, 1.807) is 20.8 Å². The molecule has 1 aromatic heterocycles. The number of carboxylic acid groups (broad SMARTS) is 1. The molecule has 0 bridgehead atoms. The number of alkyl carbamates (subject to hydrolysis) is 1. The molecule has 2 heterocycles. The van der Waals surface area contributed by atoms with Gasteiger partial charge < -0.3 is 29.7 Å². The molecule has 2 amide bonds. The topological polar surface area (TPSA) is 153 Å². The van der Waals surface area contributed by atoms with Crippen molar-refractivity contribution >= 4 is 59.8 Å². The van der Waals surface area contributed by atoms with Gasteiger partial charge in [-0.15, -0.1) is 0 Å². The molecule has 3 aromatic rings. The Labute approximate surface area is 334 Å². The van der Waals surface area contributed by atoms with Gasteiger partial charge in [0.2, 0.25) is 0 Å². The summed E-state index contributed by atoms with van der Waals surface area (Å²) in [4.78, 5) is 43.0. The number of ether oxygens (including phenoxy) is 1. The largest absolute Gasteiger partial charge is 0.543 e. The number of aliphatic hydroxyl groups excluding tert-OH is 1. The minimum atomic E-state index is -2.41. The van der Waals surface area contributed by atoms with Gasteiger partial charge in [0.05, 0.1) is 9.74 Å². The molecule has 11 nitrogen and oxygen atoms in total.